The number of hydrogen-bond acceptors (Lipinski definition) is 1. The molecule has 4 heteroatoms. The second-order valence-corrected chi connectivity index (χ2v) is 3.23. The molecule has 78 valence electrons. The summed E-state index contributed by atoms with van der Waals surface area (Å²) in [6.07, 6.45) is -2.83. The van der Waals surface area contributed by atoms with E-state index in [0.717, 1.165) is 0 Å². The van der Waals surface area contributed by atoms with E-state index in [9.17, 15) is 13.2 Å². The molecule has 1 aromatic carbocycles. The number of hydrogen-bond donors (Lipinski definition) is 1. The van der Waals surface area contributed by atoms with Gasteiger partial charge in [0.05, 0.1) is 0 Å². The molecule has 0 bridgehead atoms. The second-order valence-electron chi connectivity index (χ2n) is 3.23. The molecule has 0 aliphatic heterocycles. The van der Waals surface area contributed by atoms with Gasteiger partial charge in [-0.2, -0.15) is 0 Å². The Labute approximate surface area is 80.7 Å². The minimum absolute atomic E-state index is 0.379. The maximum absolute atomic E-state index is 12.7. The van der Waals surface area contributed by atoms with Gasteiger partial charge in [-0.1, -0.05) is 6.07 Å². The zero-order chi connectivity index (χ0) is 10.7. The van der Waals surface area contributed by atoms with Crippen molar-refractivity contribution in [2.45, 2.75) is 25.8 Å². The van der Waals surface area contributed by atoms with Gasteiger partial charge in [-0.05, 0) is 30.2 Å². The number of alkyl halides is 2. The first-order valence-corrected chi connectivity index (χ1v) is 4.30. The molecular formula is C10H12F3N. The number of benzene rings is 1. The molecule has 0 aliphatic rings. The molecular weight excluding hydrogens is 191 g/mol. The molecule has 1 rings (SSSR count). The monoisotopic (exact) mass is 203 g/mol. The fourth-order valence-electron chi connectivity index (χ4n) is 1.37. The SMILES string of the molecule is Cc1cc(F)ccc1[C@@H](N)CC(F)F. The maximum atomic E-state index is 12.7. The quantitative estimate of drug-likeness (QED) is 0.803. The van der Waals surface area contributed by atoms with Crippen molar-refractivity contribution in [1.29, 1.82) is 0 Å². The summed E-state index contributed by atoms with van der Waals surface area (Å²) in [5.74, 6) is -0.379. The lowest BCUT2D eigenvalue weighted by molar-refractivity contribution is 0.128. The Hall–Kier alpha value is -1.03. The van der Waals surface area contributed by atoms with Crippen LogP contribution < -0.4 is 5.73 Å². The second kappa shape index (κ2) is 4.46. The van der Waals surface area contributed by atoms with Gasteiger partial charge >= 0.3 is 0 Å². The molecule has 0 aromatic heterocycles. The lowest BCUT2D eigenvalue weighted by Gasteiger charge is -2.13. The van der Waals surface area contributed by atoms with Gasteiger partial charge in [0, 0.05) is 12.5 Å². The highest BCUT2D eigenvalue weighted by Crippen LogP contribution is 2.21. The molecule has 0 unspecified atom stereocenters. The lowest BCUT2D eigenvalue weighted by Crippen LogP contribution is -2.15. The van der Waals surface area contributed by atoms with Gasteiger partial charge in [-0.25, -0.2) is 13.2 Å². The minimum atomic E-state index is -2.44. The Morgan fingerprint density at radius 3 is 2.50 bits per heavy atom. The minimum Gasteiger partial charge on any atom is -0.324 e. The third kappa shape index (κ3) is 2.73. The molecule has 1 nitrogen and oxygen atoms in total. The number of halogens is 3. The van der Waals surface area contributed by atoms with E-state index in [-0.39, 0.29) is 5.82 Å². The van der Waals surface area contributed by atoms with Crippen molar-refractivity contribution in [2.75, 3.05) is 0 Å². The van der Waals surface area contributed by atoms with Crippen molar-refractivity contribution in [3.8, 4) is 0 Å². The molecule has 0 radical (unpaired) electrons. The van der Waals surface area contributed by atoms with Crippen LogP contribution in [0.2, 0.25) is 0 Å². The van der Waals surface area contributed by atoms with Gasteiger partial charge < -0.3 is 5.73 Å². The van der Waals surface area contributed by atoms with E-state index in [4.69, 9.17) is 5.73 Å². The zero-order valence-corrected chi connectivity index (χ0v) is 7.81. The predicted molar refractivity (Wildman–Crippen MR) is 48.7 cm³/mol. The van der Waals surface area contributed by atoms with E-state index in [1.54, 1.807) is 6.92 Å². The van der Waals surface area contributed by atoms with Crippen LogP contribution in [-0.2, 0) is 0 Å². The zero-order valence-electron chi connectivity index (χ0n) is 7.81. The first-order valence-electron chi connectivity index (χ1n) is 4.30. The Morgan fingerprint density at radius 2 is 2.00 bits per heavy atom. The normalized spacial score (nSPS) is 13.3. The third-order valence-electron chi connectivity index (χ3n) is 2.06. The maximum Gasteiger partial charge on any atom is 0.240 e. The van der Waals surface area contributed by atoms with Gasteiger partial charge in [-0.3, -0.25) is 0 Å². The Kier molecular flexibility index (Phi) is 3.52. The Balaban J connectivity index is 2.84. The van der Waals surface area contributed by atoms with Gasteiger partial charge in [0.15, 0.2) is 0 Å². The fraction of sp³-hybridized carbons (Fsp3) is 0.400. The Bertz CT molecular complexity index is 312. The lowest BCUT2D eigenvalue weighted by atomic mass is 10.00. The van der Waals surface area contributed by atoms with Crippen LogP contribution in [0, 0.1) is 12.7 Å². The van der Waals surface area contributed by atoms with Gasteiger partial charge in [0.2, 0.25) is 6.43 Å². The van der Waals surface area contributed by atoms with Crippen LogP contribution in [0.4, 0.5) is 13.2 Å². The van der Waals surface area contributed by atoms with E-state index >= 15 is 0 Å². The van der Waals surface area contributed by atoms with Crippen molar-refractivity contribution in [2.24, 2.45) is 5.73 Å². The summed E-state index contributed by atoms with van der Waals surface area (Å²) in [6, 6.07) is 3.25. The van der Waals surface area contributed by atoms with E-state index in [2.05, 4.69) is 0 Å². The van der Waals surface area contributed by atoms with Crippen LogP contribution in [0.1, 0.15) is 23.6 Å². The number of aryl methyl sites for hydroxylation is 1. The van der Waals surface area contributed by atoms with Crippen LogP contribution in [0.5, 0.6) is 0 Å². The van der Waals surface area contributed by atoms with Gasteiger partial charge in [0.1, 0.15) is 5.82 Å². The smallest absolute Gasteiger partial charge is 0.240 e. The molecule has 2 N–H and O–H groups in total. The highest BCUT2D eigenvalue weighted by atomic mass is 19.3. The summed E-state index contributed by atoms with van der Waals surface area (Å²) in [7, 11) is 0. The molecule has 14 heavy (non-hydrogen) atoms. The van der Waals surface area contributed by atoms with Crippen molar-refractivity contribution in [3.05, 3.63) is 35.1 Å². The molecule has 0 spiro atoms. The highest BCUT2D eigenvalue weighted by molar-refractivity contribution is 5.29. The van der Waals surface area contributed by atoms with Crippen molar-refractivity contribution >= 4 is 0 Å². The van der Waals surface area contributed by atoms with E-state index in [1.165, 1.54) is 18.2 Å². The van der Waals surface area contributed by atoms with Crippen LogP contribution >= 0.6 is 0 Å². The van der Waals surface area contributed by atoms with Crippen molar-refractivity contribution < 1.29 is 13.2 Å². The predicted octanol–water partition coefficient (Wildman–Crippen LogP) is 2.79. The summed E-state index contributed by atoms with van der Waals surface area (Å²) in [4.78, 5) is 0. The van der Waals surface area contributed by atoms with Gasteiger partial charge in [0.25, 0.3) is 0 Å². The summed E-state index contributed by atoms with van der Waals surface area (Å²) in [5.41, 5.74) is 6.73. The van der Waals surface area contributed by atoms with Crippen LogP contribution in [0.3, 0.4) is 0 Å². The van der Waals surface area contributed by atoms with E-state index in [0.29, 0.717) is 11.1 Å². The largest absolute Gasteiger partial charge is 0.324 e. The number of rotatable bonds is 3. The average molecular weight is 203 g/mol. The van der Waals surface area contributed by atoms with Crippen molar-refractivity contribution in [3.63, 3.8) is 0 Å². The topological polar surface area (TPSA) is 26.0 Å². The summed E-state index contributed by atoms with van der Waals surface area (Å²) < 4.78 is 36.7. The van der Waals surface area contributed by atoms with Crippen molar-refractivity contribution in [1.82, 2.24) is 0 Å². The average Bonchev–Trinajstić information content (AvgIpc) is 2.01. The summed E-state index contributed by atoms with van der Waals surface area (Å²) in [5, 5.41) is 0. The molecule has 0 saturated heterocycles. The molecule has 0 saturated carbocycles. The summed E-state index contributed by atoms with van der Waals surface area (Å²) in [6.45, 7) is 1.66. The molecule has 0 aliphatic carbocycles. The van der Waals surface area contributed by atoms with Crippen LogP contribution in [0.25, 0.3) is 0 Å². The molecule has 0 heterocycles. The Morgan fingerprint density at radius 1 is 1.36 bits per heavy atom. The van der Waals surface area contributed by atoms with E-state index in [1.807, 2.05) is 0 Å². The first kappa shape index (κ1) is 11.0. The fourth-order valence-corrected chi connectivity index (χ4v) is 1.37. The molecule has 1 atom stereocenters. The molecule has 0 fully saturated rings. The number of nitrogens with two attached hydrogens (primary N) is 1. The standard InChI is InChI=1S/C10H12F3N/c1-6-4-7(11)2-3-8(6)9(14)5-10(12)13/h2-4,9-10H,5,14H2,1H3/t9-/m0/s1. The van der Waals surface area contributed by atoms with E-state index < -0.39 is 18.9 Å². The van der Waals surface area contributed by atoms with Crippen LogP contribution in [0.15, 0.2) is 18.2 Å². The van der Waals surface area contributed by atoms with Crippen LogP contribution in [-0.4, -0.2) is 6.43 Å². The third-order valence-corrected chi connectivity index (χ3v) is 2.06. The molecule has 1 aromatic rings. The van der Waals surface area contributed by atoms with Gasteiger partial charge in [-0.15, -0.1) is 0 Å². The molecule has 0 amide bonds. The summed E-state index contributed by atoms with van der Waals surface area (Å²) >= 11 is 0. The first-order chi connectivity index (χ1) is 6.50. The highest BCUT2D eigenvalue weighted by Gasteiger charge is 2.14.